The number of nitrogens with zero attached hydrogens (tertiary/aromatic N) is 6. The number of allylic oxidation sites excluding steroid dienone is 5. The smallest absolute Gasteiger partial charge is 0.469 e. The molecule has 9 aromatic carbocycles. The Morgan fingerprint density at radius 1 is 0.322 bits per heavy atom. The van der Waals surface area contributed by atoms with E-state index in [1.165, 1.54) is 359 Å². The molecular formula is C138H191Fe3N6OS+3. The van der Waals surface area contributed by atoms with E-state index in [1.807, 2.05) is 23.7 Å². The fraction of sp³-hybridized carbons (Fsp3) is 0.471. The summed E-state index contributed by atoms with van der Waals surface area (Å²) in [5.74, 6) is 3.83. The Balaban J connectivity index is 0.000000273. The number of anilines is 3. The number of hydrogen-bond acceptors (Lipinski definition) is 5. The van der Waals surface area contributed by atoms with Gasteiger partial charge in [-0.15, -0.1) is 11.3 Å². The predicted molar refractivity (Wildman–Crippen MR) is 648 cm³/mol. The van der Waals surface area contributed by atoms with E-state index in [0.717, 1.165) is 102 Å². The summed E-state index contributed by atoms with van der Waals surface area (Å²) in [5.41, 5.74) is 22.0. The fourth-order valence-electron chi connectivity index (χ4n) is 25.9. The molecule has 149 heavy (non-hydrogen) atoms. The monoisotopic (exact) mass is 2150 g/mol. The van der Waals surface area contributed by atoms with Crippen molar-refractivity contribution in [3.05, 3.63) is 336 Å². The summed E-state index contributed by atoms with van der Waals surface area (Å²) in [5, 5.41) is 8.19. The van der Waals surface area contributed by atoms with Gasteiger partial charge >= 0.3 is 51.2 Å². The van der Waals surface area contributed by atoms with Crippen molar-refractivity contribution in [3.8, 4) is 0 Å². The Morgan fingerprint density at radius 2 is 0.644 bits per heavy atom. The number of rotatable bonds is 34. The second-order valence-electron chi connectivity index (χ2n) is 43.4. The number of fused-ring (bicyclic) bond motifs is 9. The third-order valence-corrected chi connectivity index (χ3v) is 34.8. The third-order valence-electron chi connectivity index (χ3n) is 33.8. The van der Waals surface area contributed by atoms with E-state index in [4.69, 9.17) is 4.42 Å². The van der Waals surface area contributed by atoms with Crippen LogP contribution in [0.15, 0.2) is 247 Å². The Bertz CT molecular complexity index is 5940. The summed E-state index contributed by atoms with van der Waals surface area (Å²) < 4.78 is 14.0. The first-order chi connectivity index (χ1) is 68.7. The second kappa shape index (κ2) is 64.1. The Labute approximate surface area is 944 Å². The first-order valence-electron chi connectivity index (χ1n) is 56.6. The van der Waals surface area contributed by atoms with Crippen molar-refractivity contribution in [3.63, 3.8) is 0 Å². The van der Waals surface area contributed by atoms with Crippen LogP contribution in [-0.2, 0) is 80.3 Å². The number of thiophene rings is 1. The van der Waals surface area contributed by atoms with Gasteiger partial charge in [0.15, 0.2) is 17.1 Å². The molecule has 7 aliphatic carbocycles. The van der Waals surface area contributed by atoms with Crippen molar-refractivity contribution < 1.29 is 69.3 Å². The molecule has 0 radical (unpaired) electrons. The largest absolute Gasteiger partial charge is 2.00 e. The van der Waals surface area contributed by atoms with Gasteiger partial charge in [-0.25, -0.2) is 0 Å². The molecular weight excluding hydrogens is 1960 g/mol. The van der Waals surface area contributed by atoms with E-state index >= 15 is 0 Å². The first-order valence-corrected chi connectivity index (χ1v) is 57.4. The number of benzene rings is 9. The molecule has 0 amide bonds. The minimum absolute atomic E-state index is 0. The quantitative estimate of drug-likeness (QED) is 0.0132. The average molecular weight is 2150 g/mol. The van der Waals surface area contributed by atoms with Crippen molar-refractivity contribution in [2.45, 2.75) is 342 Å². The minimum Gasteiger partial charge on any atom is -0.469 e. The van der Waals surface area contributed by atoms with Gasteiger partial charge in [-0.1, -0.05) is 307 Å². The molecule has 6 saturated carbocycles. The van der Waals surface area contributed by atoms with E-state index in [-0.39, 0.29) is 112 Å². The van der Waals surface area contributed by atoms with Gasteiger partial charge in [-0.3, -0.25) is 0 Å². The zero-order valence-corrected chi connectivity index (χ0v) is 99.3. The molecule has 7 nitrogen and oxygen atoms in total. The zero-order chi connectivity index (χ0) is 96.9. The molecule has 3 aliphatic heterocycles. The maximum atomic E-state index is 5.99. The molecule has 806 valence electrons. The van der Waals surface area contributed by atoms with Crippen molar-refractivity contribution in [1.82, 2.24) is 0 Å². The fourth-order valence-corrected chi connectivity index (χ4v) is 27.0. The number of aryl methyl sites for hydroxylation is 1. The van der Waals surface area contributed by atoms with Crippen LogP contribution in [0.2, 0.25) is 0 Å². The minimum atomic E-state index is -0.211. The first kappa shape index (κ1) is 128. The van der Waals surface area contributed by atoms with E-state index < -0.39 is 0 Å². The van der Waals surface area contributed by atoms with E-state index in [1.54, 1.807) is 11.1 Å². The standard InChI is InChI=1S/C40H51N2.C39H47N2O.C38H45N2S.3C5H10.6CH3.3Fe/c1-4-41(5-2)35-25-21-32(22-26-35)23-28-38-40(3,30-33-17-8-9-18-33)39-36-20-11-10-19-34(36)24-27-37(39)42(38)29-13-12-16-31-14-6-7-15-31;1-4-40(5-2)33-23-19-31(20-24-33)21-26-37-39(3,29-34-17-12-28-42-34)38-35-18-9-8-16-32(35)22-25-36(38)41(37)27-11-10-15-30-13-6-7-14-30;1-5-39(6-2)32-20-16-30(17-21-32)18-24-36-38(4,27-33-22-15-28(3)41-33)37-34-14-10-9-13-31(34)19-23-35(37)40(36)26-25-29-11-7-8-12-29;3*1-2-4-5-3-1;;;;;;;;;/h10-11,17,19-28,31H,4-9,12-16,18,29-30H2,1-3H3;8-9,12,16-26,28,30H,4-7,10-11,13-15,27,29H2,1-3H3;9-10,13-24,29H,5-8,11-12,25-27H2,1-4H3;3*1-5H2;6*1H3;;;/q3*+1;;;;6*-1;3*+2. The summed E-state index contributed by atoms with van der Waals surface area (Å²) in [6.07, 6.45) is 74.4. The molecule has 2 aromatic heterocycles. The van der Waals surface area contributed by atoms with Crippen LogP contribution in [0.25, 0.3) is 50.5 Å². The average Bonchev–Trinajstić information content (AvgIpc) is 1.57. The summed E-state index contributed by atoms with van der Waals surface area (Å²) >= 11 is 1.95. The molecule has 3 unspecified atom stereocenters. The molecule has 0 N–H and O–H groups in total. The van der Waals surface area contributed by atoms with Crippen molar-refractivity contribution in [1.29, 1.82) is 0 Å². The van der Waals surface area contributed by atoms with Gasteiger partial charge in [0.2, 0.25) is 17.1 Å². The maximum Gasteiger partial charge on any atom is 2.00 e. The van der Waals surface area contributed by atoms with Gasteiger partial charge in [-0.05, 0) is 272 Å². The van der Waals surface area contributed by atoms with Crippen LogP contribution in [0.1, 0.15) is 355 Å². The zero-order valence-electron chi connectivity index (χ0n) is 95.2. The third kappa shape index (κ3) is 32.4. The van der Waals surface area contributed by atoms with Crippen molar-refractivity contribution >= 4 is 113 Å². The van der Waals surface area contributed by atoms with Gasteiger partial charge in [0.1, 0.15) is 25.4 Å². The molecule has 0 saturated heterocycles. The van der Waals surface area contributed by atoms with Gasteiger partial charge in [0.25, 0.3) is 0 Å². The van der Waals surface area contributed by atoms with Gasteiger partial charge < -0.3 is 63.7 Å². The summed E-state index contributed by atoms with van der Waals surface area (Å²) in [7, 11) is 0. The molecule has 5 heterocycles. The van der Waals surface area contributed by atoms with Crippen molar-refractivity contribution in [2.24, 2.45) is 17.8 Å². The summed E-state index contributed by atoms with van der Waals surface area (Å²) in [4.78, 5) is 10.1. The maximum absolute atomic E-state index is 5.99. The van der Waals surface area contributed by atoms with E-state index in [0.29, 0.717) is 0 Å². The van der Waals surface area contributed by atoms with Crippen LogP contribution in [0, 0.1) is 69.2 Å². The van der Waals surface area contributed by atoms with Gasteiger partial charge in [0.05, 0.1) is 22.5 Å². The second-order valence-corrected chi connectivity index (χ2v) is 44.7. The number of unbranched alkanes of at least 4 members (excludes halogenated alkanes) is 2. The molecule has 11 aromatic rings. The molecule has 21 rings (SSSR count). The van der Waals surface area contributed by atoms with Crippen LogP contribution in [0.3, 0.4) is 0 Å². The molecule has 0 bridgehead atoms. The Kier molecular flexibility index (Phi) is 54.9. The van der Waals surface area contributed by atoms with Gasteiger partial charge in [0, 0.05) is 151 Å². The number of hydrogen-bond donors (Lipinski definition) is 0. The van der Waals surface area contributed by atoms with Gasteiger partial charge in [-0.2, -0.15) is 13.7 Å². The summed E-state index contributed by atoms with van der Waals surface area (Å²) in [6.45, 7) is 32.5. The van der Waals surface area contributed by atoms with Crippen LogP contribution in [0.4, 0.5) is 34.1 Å². The molecule has 6 fully saturated rings. The van der Waals surface area contributed by atoms with Crippen LogP contribution >= 0.6 is 11.3 Å². The summed E-state index contributed by atoms with van der Waals surface area (Å²) in [6, 6.07) is 77.3. The molecule has 11 heteroatoms. The SMILES string of the molecule is C1CCCC1.C1CCCC1.C1CCCC1.CCN(CC)c1ccc(/C=C/C2=[N+](CCC3CCCC3)c3ccc4ccccc4c3C2(C)Cc2ccc(C)s2)cc1.CCN(CC)c1ccc(/C=C/C2=[N+](CCCCC3CCCC3)c3ccc4ccccc4c3C2(C)CC2=CCCC2)cc1.CCN(CC)c1ccc(/C=C/C2=[N+](CCCCC3CCCC3)c3ccc4ccccc4c3C2(C)Cc2ccco2)cc1.[CH3-].[CH3-].[CH3-].[CH3-].[CH3-].[CH3-].[Fe+2].[Fe+2].[Fe+2]. The molecule has 3 atom stereocenters. The van der Waals surface area contributed by atoms with Crippen LogP contribution in [-0.4, -0.2) is 89.8 Å². The van der Waals surface area contributed by atoms with E-state index in [9.17, 15) is 0 Å². The Hall–Kier alpha value is -8.33. The van der Waals surface area contributed by atoms with Crippen LogP contribution < -0.4 is 14.7 Å². The normalized spacial score (nSPS) is 18.8. The topological polar surface area (TPSA) is 31.9 Å². The van der Waals surface area contributed by atoms with E-state index in [2.05, 4.69) is 340 Å². The predicted octanol–water partition coefficient (Wildman–Crippen LogP) is 39.1. The molecule has 0 spiro atoms. The number of furan rings is 1. The Morgan fingerprint density at radius 3 is 0.953 bits per heavy atom. The molecule has 10 aliphatic rings. The van der Waals surface area contributed by atoms with Crippen molar-refractivity contribution in [2.75, 3.05) is 73.6 Å². The van der Waals surface area contributed by atoms with Crippen LogP contribution in [0.5, 0.6) is 0 Å².